The molecule has 0 spiro atoms. The summed E-state index contributed by atoms with van der Waals surface area (Å²) in [7, 11) is 1.71. The number of aromatic nitrogens is 4. The molecule has 0 atom stereocenters. The Balaban J connectivity index is 1.80. The zero-order chi connectivity index (χ0) is 19.3. The minimum absolute atomic E-state index is 0.269. The molecule has 0 saturated heterocycles. The zero-order valence-electron chi connectivity index (χ0n) is 15.1. The number of carbonyl (C=O) groups is 1. The van der Waals surface area contributed by atoms with Crippen LogP contribution in [0.15, 0.2) is 83.5 Å². The monoisotopic (exact) mass is 371 g/mol. The van der Waals surface area contributed by atoms with Gasteiger partial charge in [0.1, 0.15) is 11.5 Å². The first-order valence-corrected chi connectivity index (χ1v) is 8.66. The van der Waals surface area contributed by atoms with Crippen LogP contribution in [0.3, 0.4) is 0 Å². The van der Waals surface area contributed by atoms with Crippen LogP contribution in [-0.2, 0) is 4.79 Å². The predicted molar refractivity (Wildman–Crippen MR) is 106 cm³/mol. The van der Waals surface area contributed by atoms with E-state index in [0.29, 0.717) is 11.6 Å². The molecule has 0 radical (unpaired) electrons. The largest absolute Gasteiger partial charge is 0.465 e. The molecule has 2 aromatic carbocycles. The standard InChI is InChI=1S/C21H17N5O2/c1-25(17-11-6-3-7-12-17)21(27)19(15-18-13-8-14-28-18)26-20(22-23-24-26)16-9-4-2-5-10-16/h2-15H,1H3/b19-15-. The van der Waals surface area contributed by atoms with Crippen LogP contribution in [0.5, 0.6) is 0 Å². The fourth-order valence-electron chi connectivity index (χ4n) is 2.78. The third-order valence-electron chi connectivity index (χ3n) is 4.22. The first-order valence-electron chi connectivity index (χ1n) is 8.66. The number of anilines is 1. The number of nitrogens with zero attached hydrogens (tertiary/aromatic N) is 5. The smallest absolute Gasteiger partial charge is 0.276 e. The Morgan fingerprint density at radius 2 is 1.71 bits per heavy atom. The lowest BCUT2D eigenvalue weighted by Gasteiger charge is -2.19. The summed E-state index contributed by atoms with van der Waals surface area (Å²) in [6.07, 6.45) is 3.18. The topological polar surface area (TPSA) is 77.0 Å². The molecule has 0 aliphatic rings. The quantitative estimate of drug-likeness (QED) is 0.501. The van der Waals surface area contributed by atoms with Crippen molar-refractivity contribution < 1.29 is 9.21 Å². The van der Waals surface area contributed by atoms with Crippen LogP contribution in [0.25, 0.3) is 23.2 Å². The van der Waals surface area contributed by atoms with Crippen LogP contribution in [-0.4, -0.2) is 33.2 Å². The van der Waals surface area contributed by atoms with Crippen molar-refractivity contribution in [2.24, 2.45) is 0 Å². The number of carbonyl (C=O) groups excluding carboxylic acids is 1. The molecule has 0 aliphatic carbocycles. The SMILES string of the molecule is CN(C(=O)/C(=C/c1ccco1)n1nnnc1-c1ccccc1)c1ccccc1. The third kappa shape index (κ3) is 3.45. The van der Waals surface area contributed by atoms with E-state index in [2.05, 4.69) is 15.5 Å². The zero-order valence-corrected chi connectivity index (χ0v) is 15.1. The van der Waals surface area contributed by atoms with E-state index in [1.807, 2.05) is 60.7 Å². The molecule has 7 heteroatoms. The number of benzene rings is 2. The maximum Gasteiger partial charge on any atom is 0.276 e. The van der Waals surface area contributed by atoms with Gasteiger partial charge in [0.15, 0.2) is 5.82 Å². The number of amides is 1. The van der Waals surface area contributed by atoms with Crippen molar-refractivity contribution in [2.75, 3.05) is 11.9 Å². The first-order chi connectivity index (χ1) is 13.7. The highest BCUT2D eigenvalue weighted by Gasteiger charge is 2.23. The fourth-order valence-corrected chi connectivity index (χ4v) is 2.78. The van der Waals surface area contributed by atoms with Crippen LogP contribution >= 0.6 is 0 Å². The molecule has 0 saturated carbocycles. The summed E-state index contributed by atoms with van der Waals surface area (Å²) in [6, 6.07) is 22.4. The van der Waals surface area contributed by atoms with Gasteiger partial charge >= 0.3 is 0 Å². The Bertz CT molecular complexity index is 1090. The fraction of sp³-hybridized carbons (Fsp3) is 0.0476. The molecule has 0 fully saturated rings. The van der Waals surface area contributed by atoms with Gasteiger partial charge in [0.25, 0.3) is 5.91 Å². The molecule has 2 aromatic heterocycles. The number of likely N-dealkylation sites (N-methyl/N-ethyl adjacent to an activating group) is 1. The van der Waals surface area contributed by atoms with Crippen LogP contribution in [0.4, 0.5) is 5.69 Å². The average Bonchev–Trinajstić information content (AvgIpc) is 3.44. The summed E-state index contributed by atoms with van der Waals surface area (Å²) in [4.78, 5) is 14.9. The van der Waals surface area contributed by atoms with E-state index in [9.17, 15) is 4.79 Å². The maximum atomic E-state index is 13.4. The van der Waals surface area contributed by atoms with Crippen LogP contribution < -0.4 is 4.90 Å². The lowest BCUT2D eigenvalue weighted by atomic mass is 10.2. The molecule has 4 rings (SSSR count). The van der Waals surface area contributed by atoms with E-state index in [1.165, 1.54) is 4.68 Å². The second kappa shape index (κ2) is 7.71. The number of furan rings is 1. The van der Waals surface area contributed by atoms with Gasteiger partial charge in [-0.05, 0) is 34.7 Å². The van der Waals surface area contributed by atoms with Gasteiger partial charge in [0.05, 0.1) is 6.26 Å². The number of hydrogen-bond acceptors (Lipinski definition) is 5. The number of hydrogen-bond donors (Lipinski definition) is 0. The molecule has 4 aromatic rings. The van der Waals surface area contributed by atoms with Crippen molar-refractivity contribution in [3.05, 3.63) is 84.8 Å². The maximum absolute atomic E-state index is 13.4. The summed E-state index contributed by atoms with van der Waals surface area (Å²) in [5.41, 5.74) is 1.82. The van der Waals surface area contributed by atoms with Crippen molar-refractivity contribution >= 4 is 23.4 Å². The van der Waals surface area contributed by atoms with Gasteiger partial charge in [-0.25, -0.2) is 0 Å². The molecule has 0 bridgehead atoms. The Labute approximate surface area is 161 Å². The van der Waals surface area contributed by atoms with E-state index in [4.69, 9.17) is 4.42 Å². The Morgan fingerprint density at radius 3 is 2.39 bits per heavy atom. The Kier molecular flexibility index (Phi) is 4.79. The predicted octanol–water partition coefficient (Wildman–Crippen LogP) is 3.59. The van der Waals surface area contributed by atoms with Crippen LogP contribution in [0, 0.1) is 0 Å². The molecular weight excluding hydrogens is 354 g/mol. The van der Waals surface area contributed by atoms with Crippen LogP contribution in [0.1, 0.15) is 5.76 Å². The molecule has 7 nitrogen and oxygen atoms in total. The molecule has 0 unspecified atom stereocenters. The second-order valence-corrected chi connectivity index (χ2v) is 6.03. The molecule has 28 heavy (non-hydrogen) atoms. The lowest BCUT2D eigenvalue weighted by Crippen LogP contribution is -2.29. The third-order valence-corrected chi connectivity index (χ3v) is 4.22. The van der Waals surface area contributed by atoms with E-state index < -0.39 is 0 Å². The summed E-state index contributed by atoms with van der Waals surface area (Å²) in [5.74, 6) is 0.722. The van der Waals surface area contributed by atoms with Crippen LogP contribution in [0.2, 0.25) is 0 Å². The highest BCUT2D eigenvalue weighted by Crippen LogP contribution is 2.23. The minimum atomic E-state index is -0.271. The summed E-state index contributed by atoms with van der Waals surface area (Å²) in [5, 5.41) is 12.0. The number of para-hydroxylation sites is 1. The average molecular weight is 371 g/mol. The highest BCUT2D eigenvalue weighted by molar-refractivity contribution is 6.25. The van der Waals surface area contributed by atoms with Crippen molar-refractivity contribution in [1.29, 1.82) is 0 Å². The lowest BCUT2D eigenvalue weighted by molar-refractivity contribution is -0.113. The number of rotatable bonds is 5. The van der Waals surface area contributed by atoms with Gasteiger partial charge < -0.3 is 9.32 Å². The van der Waals surface area contributed by atoms with Crippen molar-refractivity contribution in [1.82, 2.24) is 20.2 Å². The molecule has 1 amide bonds. The van der Waals surface area contributed by atoms with Gasteiger partial charge in [-0.15, -0.1) is 5.10 Å². The number of tetrazole rings is 1. The molecular formula is C21H17N5O2. The normalized spacial score (nSPS) is 11.4. The Hall–Kier alpha value is -4.00. The van der Waals surface area contributed by atoms with Gasteiger partial charge in [0, 0.05) is 24.4 Å². The summed E-state index contributed by atoms with van der Waals surface area (Å²) in [6.45, 7) is 0. The van der Waals surface area contributed by atoms with Gasteiger partial charge in [0.2, 0.25) is 0 Å². The summed E-state index contributed by atoms with van der Waals surface area (Å²) < 4.78 is 6.84. The molecule has 0 N–H and O–H groups in total. The van der Waals surface area contributed by atoms with Gasteiger partial charge in [-0.1, -0.05) is 48.5 Å². The highest BCUT2D eigenvalue weighted by atomic mass is 16.3. The van der Waals surface area contributed by atoms with E-state index in [-0.39, 0.29) is 11.6 Å². The van der Waals surface area contributed by atoms with Crippen molar-refractivity contribution in [3.63, 3.8) is 0 Å². The summed E-state index contributed by atoms with van der Waals surface area (Å²) >= 11 is 0. The molecule has 138 valence electrons. The van der Waals surface area contributed by atoms with Gasteiger partial charge in [-0.2, -0.15) is 4.68 Å². The van der Waals surface area contributed by atoms with Crippen molar-refractivity contribution in [3.8, 4) is 11.4 Å². The van der Waals surface area contributed by atoms with Crippen molar-refractivity contribution in [2.45, 2.75) is 0 Å². The Morgan fingerprint density at radius 1 is 1.00 bits per heavy atom. The van der Waals surface area contributed by atoms with E-state index in [0.717, 1.165) is 11.3 Å². The molecule has 0 aliphatic heterocycles. The van der Waals surface area contributed by atoms with E-state index in [1.54, 1.807) is 36.4 Å². The van der Waals surface area contributed by atoms with E-state index >= 15 is 0 Å². The minimum Gasteiger partial charge on any atom is -0.465 e. The first kappa shape index (κ1) is 17.4. The second-order valence-electron chi connectivity index (χ2n) is 6.03. The molecule has 2 heterocycles. The van der Waals surface area contributed by atoms with Gasteiger partial charge in [-0.3, -0.25) is 4.79 Å².